The lowest BCUT2D eigenvalue weighted by Crippen LogP contribution is -2.43. The van der Waals surface area contributed by atoms with Crippen LogP contribution in [-0.2, 0) is 9.53 Å². The second kappa shape index (κ2) is 7.38. The van der Waals surface area contributed by atoms with Crippen LogP contribution in [0.2, 0.25) is 0 Å². The molecule has 2 aromatic rings. The van der Waals surface area contributed by atoms with E-state index in [-0.39, 0.29) is 5.78 Å². The Bertz CT molecular complexity index is 699. The number of carbonyl (C=O) groups is 2. The van der Waals surface area contributed by atoms with E-state index in [1.165, 1.54) is 13.8 Å². The quantitative estimate of drug-likeness (QED) is 0.627. The number of hydrogen-bond donors (Lipinski definition) is 2. The summed E-state index contributed by atoms with van der Waals surface area (Å²) in [6.45, 7) is 2.07. The van der Waals surface area contributed by atoms with Crippen LogP contribution in [0.3, 0.4) is 0 Å². The van der Waals surface area contributed by atoms with Crippen molar-refractivity contribution in [1.82, 2.24) is 0 Å². The van der Waals surface area contributed by atoms with Gasteiger partial charge in [-0.05, 0) is 25.0 Å². The highest BCUT2D eigenvalue weighted by Crippen LogP contribution is 2.19. The van der Waals surface area contributed by atoms with Crippen molar-refractivity contribution in [2.75, 3.05) is 6.61 Å². The van der Waals surface area contributed by atoms with Gasteiger partial charge in [-0.15, -0.1) is 0 Å². The maximum absolute atomic E-state index is 12.0. The van der Waals surface area contributed by atoms with Gasteiger partial charge in [0, 0.05) is 5.56 Å². The molecule has 0 aliphatic heterocycles. The highest BCUT2D eigenvalue weighted by atomic mass is 16.6. The van der Waals surface area contributed by atoms with Gasteiger partial charge in [0.15, 0.2) is 18.5 Å². The average Bonchev–Trinajstić information content (AvgIpc) is 2.58. The molecule has 126 valence electrons. The minimum atomic E-state index is -1.70. The van der Waals surface area contributed by atoms with E-state index in [4.69, 9.17) is 4.74 Å². The maximum atomic E-state index is 12.0. The summed E-state index contributed by atoms with van der Waals surface area (Å²) < 4.78 is 4.76. The molecule has 0 aliphatic carbocycles. The van der Waals surface area contributed by atoms with E-state index in [1.807, 2.05) is 42.5 Å². The van der Waals surface area contributed by atoms with E-state index in [2.05, 4.69) is 0 Å². The Morgan fingerprint density at radius 1 is 1.00 bits per heavy atom. The van der Waals surface area contributed by atoms with Crippen LogP contribution in [0.25, 0.3) is 11.1 Å². The largest absolute Gasteiger partial charge is 0.455 e. The third-order valence-corrected chi connectivity index (χ3v) is 3.55. The molecular weight excluding hydrogens is 308 g/mol. The standard InChI is InChI=1S/C19H20O5/c1-19(2,23)17(21)18(22)24-12-16(20)15-10-8-14(9-11-15)13-6-4-3-5-7-13/h3-11,17,21,23H,12H2,1-2H3/t17-/m1/s1. The average molecular weight is 328 g/mol. The summed E-state index contributed by atoms with van der Waals surface area (Å²) >= 11 is 0. The minimum absolute atomic E-state index is 0.383. The zero-order valence-electron chi connectivity index (χ0n) is 13.6. The first-order valence-electron chi connectivity index (χ1n) is 7.55. The Labute approximate surface area is 140 Å². The third-order valence-electron chi connectivity index (χ3n) is 3.55. The molecule has 0 aromatic heterocycles. The fourth-order valence-corrected chi connectivity index (χ4v) is 2.07. The van der Waals surface area contributed by atoms with Gasteiger partial charge < -0.3 is 14.9 Å². The van der Waals surface area contributed by atoms with Crippen LogP contribution in [0.1, 0.15) is 24.2 Å². The lowest BCUT2D eigenvalue weighted by Gasteiger charge is -2.22. The zero-order chi connectivity index (χ0) is 17.7. The van der Waals surface area contributed by atoms with Crippen molar-refractivity contribution in [1.29, 1.82) is 0 Å². The van der Waals surface area contributed by atoms with Gasteiger partial charge in [0.05, 0.1) is 5.60 Å². The van der Waals surface area contributed by atoms with E-state index in [1.54, 1.807) is 12.1 Å². The lowest BCUT2D eigenvalue weighted by atomic mass is 10.0. The van der Waals surface area contributed by atoms with Crippen LogP contribution in [0.5, 0.6) is 0 Å². The highest BCUT2D eigenvalue weighted by Gasteiger charge is 2.32. The number of rotatable bonds is 6. The fraction of sp³-hybridized carbons (Fsp3) is 0.263. The number of ketones is 1. The molecule has 1 atom stereocenters. The van der Waals surface area contributed by atoms with Crippen molar-refractivity contribution >= 4 is 11.8 Å². The molecule has 0 saturated heterocycles. The maximum Gasteiger partial charge on any atom is 0.338 e. The second-order valence-electron chi connectivity index (χ2n) is 6.03. The van der Waals surface area contributed by atoms with Crippen LogP contribution >= 0.6 is 0 Å². The van der Waals surface area contributed by atoms with Crippen molar-refractivity contribution in [3.05, 3.63) is 60.2 Å². The van der Waals surface area contributed by atoms with Gasteiger partial charge in [-0.3, -0.25) is 4.79 Å². The number of ether oxygens (including phenoxy) is 1. The zero-order valence-corrected chi connectivity index (χ0v) is 13.6. The van der Waals surface area contributed by atoms with Crippen molar-refractivity contribution in [3.63, 3.8) is 0 Å². The number of esters is 1. The summed E-state index contributed by atoms with van der Waals surface area (Å²) in [5.74, 6) is -1.41. The van der Waals surface area contributed by atoms with E-state index in [0.29, 0.717) is 5.56 Å². The molecule has 0 spiro atoms. The van der Waals surface area contributed by atoms with Gasteiger partial charge in [0.25, 0.3) is 0 Å². The lowest BCUT2D eigenvalue weighted by molar-refractivity contribution is -0.164. The van der Waals surface area contributed by atoms with Crippen molar-refractivity contribution in [3.8, 4) is 11.1 Å². The topological polar surface area (TPSA) is 83.8 Å². The van der Waals surface area contributed by atoms with Crippen LogP contribution in [0.15, 0.2) is 54.6 Å². The molecule has 0 aliphatic rings. The molecule has 0 saturated carbocycles. The first-order valence-corrected chi connectivity index (χ1v) is 7.55. The molecular formula is C19H20O5. The third kappa shape index (κ3) is 4.50. The van der Waals surface area contributed by atoms with Gasteiger partial charge >= 0.3 is 5.97 Å². The van der Waals surface area contributed by atoms with E-state index in [9.17, 15) is 19.8 Å². The molecule has 0 fully saturated rings. The predicted octanol–water partition coefficient (Wildman–Crippen LogP) is 2.21. The smallest absolute Gasteiger partial charge is 0.338 e. The van der Waals surface area contributed by atoms with E-state index in [0.717, 1.165) is 11.1 Å². The molecule has 0 bridgehead atoms. The van der Waals surface area contributed by atoms with Crippen molar-refractivity contribution < 1.29 is 24.5 Å². The van der Waals surface area contributed by atoms with E-state index < -0.39 is 24.3 Å². The monoisotopic (exact) mass is 328 g/mol. The molecule has 2 aromatic carbocycles. The van der Waals surface area contributed by atoms with Gasteiger partial charge in [-0.25, -0.2) is 4.79 Å². The summed E-state index contributed by atoms with van der Waals surface area (Å²) in [5, 5.41) is 19.1. The Morgan fingerprint density at radius 2 is 1.54 bits per heavy atom. The highest BCUT2D eigenvalue weighted by molar-refractivity contribution is 5.98. The van der Waals surface area contributed by atoms with Crippen LogP contribution in [-0.4, -0.2) is 40.3 Å². The van der Waals surface area contributed by atoms with Crippen molar-refractivity contribution in [2.45, 2.75) is 25.6 Å². The van der Waals surface area contributed by atoms with E-state index >= 15 is 0 Å². The Morgan fingerprint density at radius 3 is 2.08 bits per heavy atom. The summed E-state index contributed by atoms with van der Waals surface area (Å²) in [4.78, 5) is 23.6. The molecule has 5 nitrogen and oxygen atoms in total. The first kappa shape index (κ1) is 17.8. The molecule has 0 amide bonds. The van der Waals surface area contributed by atoms with Gasteiger partial charge in [-0.1, -0.05) is 54.6 Å². The molecule has 2 N–H and O–H groups in total. The Balaban J connectivity index is 1.97. The van der Waals surface area contributed by atoms with Crippen LogP contribution in [0.4, 0.5) is 0 Å². The SMILES string of the molecule is CC(C)(O)[C@H](O)C(=O)OCC(=O)c1ccc(-c2ccccc2)cc1. The number of hydrogen-bond acceptors (Lipinski definition) is 5. The number of Topliss-reactive ketones (excluding diaryl/α,β-unsaturated/α-hetero) is 1. The number of benzene rings is 2. The number of carbonyl (C=O) groups excluding carboxylic acids is 2. The van der Waals surface area contributed by atoms with Crippen LogP contribution in [0, 0.1) is 0 Å². The van der Waals surface area contributed by atoms with Gasteiger partial charge in [-0.2, -0.15) is 0 Å². The van der Waals surface area contributed by atoms with Crippen molar-refractivity contribution in [2.24, 2.45) is 0 Å². The van der Waals surface area contributed by atoms with Crippen LogP contribution < -0.4 is 0 Å². The predicted molar refractivity (Wildman–Crippen MR) is 89.5 cm³/mol. The normalized spacial score (nSPS) is 12.5. The van der Waals surface area contributed by atoms with Gasteiger partial charge in [0.1, 0.15) is 0 Å². The summed E-state index contributed by atoms with van der Waals surface area (Å²) in [6.07, 6.45) is -1.70. The Kier molecular flexibility index (Phi) is 5.49. The Hall–Kier alpha value is -2.50. The first-order chi connectivity index (χ1) is 11.3. The minimum Gasteiger partial charge on any atom is -0.455 e. The second-order valence-corrected chi connectivity index (χ2v) is 6.03. The molecule has 24 heavy (non-hydrogen) atoms. The summed E-state index contributed by atoms with van der Waals surface area (Å²) in [5.41, 5.74) is 0.787. The summed E-state index contributed by atoms with van der Waals surface area (Å²) in [7, 11) is 0. The van der Waals surface area contributed by atoms with Gasteiger partial charge in [0.2, 0.25) is 0 Å². The number of aliphatic hydroxyl groups is 2. The number of aliphatic hydroxyl groups excluding tert-OH is 1. The molecule has 0 unspecified atom stereocenters. The molecule has 0 radical (unpaired) electrons. The summed E-state index contributed by atoms with van der Waals surface area (Å²) in [6, 6.07) is 16.7. The molecule has 2 rings (SSSR count). The molecule has 5 heteroatoms. The fourth-order valence-electron chi connectivity index (χ4n) is 2.07. The molecule has 0 heterocycles.